The molecule has 42 heavy (non-hydrogen) atoms. The van der Waals surface area contributed by atoms with Gasteiger partial charge in [-0.2, -0.15) is 0 Å². The summed E-state index contributed by atoms with van der Waals surface area (Å²) in [6, 6.07) is 22.8. The van der Waals surface area contributed by atoms with Crippen LogP contribution in [0.2, 0.25) is 0 Å². The summed E-state index contributed by atoms with van der Waals surface area (Å²) in [4.78, 5) is 32.5. The fraction of sp³-hybridized carbons (Fsp3) is 0.273. The van der Waals surface area contributed by atoms with E-state index in [-0.39, 0.29) is 24.4 Å². The van der Waals surface area contributed by atoms with Crippen molar-refractivity contribution < 1.29 is 14.3 Å². The molecule has 8 nitrogen and oxygen atoms in total. The number of rotatable bonds is 9. The summed E-state index contributed by atoms with van der Waals surface area (Å²) < 4.78 is 7.14. The quantitative estimate of drug-likeness (QED) is 0.190. The van der Waals surface area contributed by atoms with E-state index in [0.29, 0.717) is 17.2 Å². The summed E-state index contributed by atoms with van der Waals surface area (Å²) >= 11 is 5.85. The maximum absolute atomic E-state index is 13.1. The van der Waals surface area contributed by atoms with E-state index in [4.69, 9.17) is 17.0 Å². The molecule has 9 heteroatoms. The lowest BCUT2D eigenvalue weighted by Gasteiger charge is -2.28. The first-order valence-corrected chi connectivity index (χ1v) is 14.5. The van der Waals surface area contributed by atoms with Crippen LogP contribution in [0.4, 0.5) is 5.69 Å². The molecule has 0 bridgehead atoms. The van der Waals surface area contributed by atoms with Crippen molar-refractivity contribution in [3.05, 3.63) is 113 Å². The van der Waals surface area contributed by atoms with Crippen LogP contribution in [0.25, 0.3) is 5.69 Å². The highest BCUT2D eigenvalue weighted by Gasteiger charge is 2.41. The van der Waals surface area contributed by atoms with Gasteiger partial charge in [0.1, 0.15) is 0 Å². The monoisotopic (exact) mass is 581 g/mol. The molecule has 5 rings (SSSR count). The molecule has 0 unspecified atom stereocenters. The second-order valence-electron chi connectivity index (χ2n) is 10.3. The highest BCUT2D eigenvalue weighted by molar-refractivity contribution is 7.80. The van der Waals surface area contributed by atoms with Gasteiger partial charge in [-0.1, -0.05) is 43.3 Å². The number of para-hydroxylation sites is 2. The molecule has 0 aliphatic carbocycles. The molecule has 2 aromatic carbocycles. The second-order valence-corrected chi connectivity index (χ2v) is 10.7. The third kappa shape index (κ3) is 5.65. The van der Waals surface area contributed by atoms with Crippen LogP contribution in [0.5, 0.6) is 0 Å². The largest absolute Gasteiger partial charge is 0.465 e. The molecule has 2 atom stereocenters. The number of nitrogens with one attached hydrogen (secondary N) is 2. The van der Waals surface area contributed by atoms with Gasteiger partial charge in [0, 0.05) is 36.2 Å². The van der Waals surface area contributed by atoms with Crippen LogP contribution in [-0.4, -0.2) is 45.1 Å². The van der Waals surface area contributed by atoms with E-state index in [9.17, 15) is 9.59 Å². The van der Waals surface area contributed by atoms with Crippen molar-refractivity contribution >= 4 is 34.9 Å². The van der Waals surface area contributed by atoms with Gasteiger partial charge in [-0.05, 0) is 80.0 Å². The molecule has 1 fully saturated rings. The standard InChI is InChI=1S/C33H35N5O3S/c1-5-23-12-6-8-14-26(23)35-29(39)17-19-37-31(30(36-33(37)42)27-15-10-11-18-34-27)25-20-21(2)38(22(25)3)28-16-9-7-13-24(28)32(40)41-4/h6-16,18,20,30-31H,5,17,19H2,1-4H3,(H,35,39)(H,36,42)/t30-,31-/m1/s1. The van der Waals surface area contributed by atoms with Crippen LogP contribution in [0.3, 0.4) is 0 Å². The predicted molar refractivity (Wildman–Crippen MR) is 168 cm³/mol. The first-order chi connectivity index (χ1) is 20.3. The summed E-state index contributed by atoms with van der Waals surface area (Å²) in [7, 11) is 1.39. The summed E-state index contributed by atoms with van der Waals surface area (Å²) in [5.41, 5.74) is 6.97. The third-order valence-corrected chi connectivity index (χ3v) is 8.14. The van der Waals surface area contributed by atoms with E-state index < -0.39 is 5.97 Å². The number of aromatic nitrogens is 2. The zero-order valence-corrected chi connectivity index (χ0v) is 25.1. The highest BCUT2D eigenvalue weighted by atomic mass is 32.1. The number of nitrogens with zero attached hydrogens (tertiary/aromatic N) is 3. The van der Waals surface area contributed by atoms with Crippen molar-refractivity contribution in [1.82, 2.24) is 19.8 Å². The number of hydrogen-bond donors (Lipinski definition) is 2. The average Bonchev–Trinajstić information content (AvgIpc) is 3.50. The van der Waals surface area contributed by atoms with E-state index in [0.717, 1.165) is 46.0 Å². The van der Waals surface area contributed by atoms with E-state index in [2.05, 4.69) is 38.1 Å². The Kier molecular flexibility index (Phi) is 8.68. The fourth-order valence-electron chi connectivity index (χ4n) is 5.78. The Balaban J connectivity index is 1.50. The molecule has 4 aromatic rings. The normalized spacial score (nSPS) is 16.3. The van der Waals surface area contributed by atoms with Crippen molar-refractivity contribution in [3.8, 4) is 5.69 Å². The highest BCUT2D eigenvalue weighted by Crippen LogP contribution is 2.41. The van der Waals surface area contributed by atoms with Gasteiger partial charge in [-0.15, -0.1) is 0 Å². The van der Waals surface area contributed by atoms with E-state index in [1.807, 2.05) is 74.5 Å². The summed E-state index contributed by atoms with van der Waals surface area (Å²) in [5, 5.41) is 7.12. The smallest absolute Gasteiger partial charge is 0.339 e. The first-order valence-electron chi connectivity index (χ1n) is 14.1. The Bertz CT molecular complexity index is 1620. The number of carbonyl (C=O) groups excluding carboxylic acids is 2. The number of anilines is 1. The molecule has 1 aliphatic heterocycles. The number of ether oxygens (including phenoxy) is 1. The maximum Gasteiger partial charge on any atom is 0.339 e. The maximum atomic E-state index is 13.1. The Morgan fingerprint density at radius 1 is 1.05 bits per heavy atom. The van der Waals surface area contributed by atoms with Crippen molar-refractivity contribution in [2.75, 3.05) is 19.0 Å². The van der Waals surface area contributed by atoms with Gasteiger partial charge in [0.25, 0.3) is 0 Å². The van der Waals surface area contributed by atoms with E-state index >= 15 is 0 Å². The minimum Gasteiger partial charge on any atom is -0.465 e. The molecule has 3 heterocycles. The van der Waals surface area contributed by atoms with E-state index in [1.165, 1.54) is 7.11 Å². The molecule has 1 aliphatic rings. The van der Waals surface area contributed by atoms with Gasteiger partial charge >= 0.3 is 5.97 Å². The Morgan fingerprint density at radius 2 is 1.79 bits per heavy atom. The molecule has 216 valence electrons. The van der Waals surface area contributed by atoms with Crippen LogP contribution in [0, 0.1) is 13.8 Å². The summed E-state index contributed by atoms with van der Waals surface area (Å²) in [6.45, 7) is 6.55. The Labute approximate surface area is 251 Å². The van der Waals surface area contributed by atoms with Gasteiger partial charge < -0.3 is 24.8 Å². The number of aryl methyl sites for hydroxylation is 2. The van der Waals surface area contributed by atoms with Crippen molar-refractivity contribution in [2.45, 2.75) is 45.7 Å². The summed E-state index contributed by atoms with van der Waals surface area (Å²) in [6.07, 6.45) is 2.86. The number of pyridine rings is 1. The average molecular weight is 582 g/mol. The lowest BCUT2D eigenvalue weighted by molar-refractivity contribution is -0.116. The molecule has 2 aromatic heterocycles. The number of benzene rings is 2. The molecule has 1 saturated heterocycles. The molecular formula is C33H35N5O3S. The van der Waals surface area contributed by atoms with Crippen LogP contribution in [-0.2, 0) is 16.0 Å². The predicted octanol–water partition coefficient (Wildman–Crippen LogP) is 5.84. The van der Waals surface area contributed by atoms with Crippen molar-refractivity contribution in [3.63, 3.8) is 0 Å². The number of thiocarbonyl (C=S) groups is 1. The first kappa shape index (κ1) is 29.0. The van der Waals surface area contributed by atoms with E-state index in [1.54, 1.807) is 12.3 Å². The Morgan fingerprint density at radius 3 is 2.52 bits per heavy atom. The number of carbonyl (C=O) groups is 2. The van der Waals surface area contributed by atoms with Crippen molar-refractivity contribution in [1.29, 1.82) is 0 Å². The van der Waals surface area contributed by atoms with Crippen LogP contribution >= 0.6 is 12.2 Å². The van der Waals surface area contributed by atoms with Gasteiger partial charge in [-0.3, -0.25) is 9.78 Å². The second kappa shape index (κ2) is 12.6. The summed E-state index contributed by atoms with van der Waals surface area (Å²) in [5.74, 6) is -0.469. The zero-order chi connectivity index (χ0) is 29.8. The topological polar surface area (TPSA) is 88.5 Å². The van der Waals surface area contributed by atoms with Gasteiger partial charge in [-0.25, -0.2) is 4.79 Å². The number of amides is 1. The van der Waals surface area contributed by atoms with Gasteiger partial charge in [0.15, 0.2) is 5.11 Å². The molecule has 2 N–H and O–H groups in total. The van der Waals surface area contributed by atoms with Crippen molar-refractivity contribution in [2.24, 2.45) is 0 Å². The fourth-order valence-corrected chi connectivity index (χ4v) is 6.11. The SMILES string of the molecule is CCc1ccccc1NC(=O)CCN1C(=S)N[C@H](c2ccccn2)[C@H]1c1cc(C)n(-c2ccccc2C(=O)OC)c1C. The molecule has 1 amide bonds. The van der Waals surface area contributed by atoms with Gasteiger partial charge in [0.2, 0.25) is 5.91 Å². The van der Waals surface area contributed by atoms with Crippen LogP contribution in [0.15, 0.2) is 79.0 Å². The minimum atomic E-state index is -0.396. The number of esters is 1. The lowest BCUT2D eigenvalue weighted by Crippen LogP contribution is -2.33. The number of hydrogen-bond acceptors (Lipinski definition) is 5. The molecular weight excluding hydrogens is 546 g/mol. The Hall–Kier alpha value is -4.50. The molecule has 0 radical (unpaired) electrons. The minimum absolute atomic E-state index is 0.0729. The zero-order valence-electron chi connectivity index (χ0n) is 24.3. The van der Waals surface area contributed by atoms with Gasteiger partial charge in [0.05, 0.1) is 36.1 Å². The van der Waals surface area contributed by atoms with Crippen LogP contribution in [0.1, 0.15) is 64.0 Å². The third-order valence-electron chi connectivity index (χ3n) is 7.79. The lowest BCUT2D eigenvalue weighted by atomic mass is 9.96. The van der Waals surface area contributed by atoms with Crippen LogP contribution < -0.4 is 10.6 Å². The number of methoxy groups -OCH3 is 1. The molecule has 0 saturated carbocycles. The molecule has 0 spiro atoms.